The molecule has 0 fully saturated rings. The number of aliphatic carboxylic acids is 1. The zero-order chi connectivity index (χ0) is 18.6. The molecule has 0 aliphatic carbocycles. The summed E-state index contributed by atoms with van der Waals surface area (Å²) in [5.41, 5.74) is -0.314. The lowest BCUT2D eigenvalue weighted by Gasteiger charge is -2.25. The average molecular weight is 370 g/mol. The summed E-state index contributed by atoms with van der Waals surface area (Å²) in [6, 6.07) is 20.4. The molecule has 0 aliphatic heterocycles. The predicted molar refractivity (Wildman–Crippen MR) is 113 cm³/mol. The van der Waals surface area contributed by atoms with Gasteiger partial charge in [0, 0.05) is 0 Å². The van der Waals surface area contributed by atoms with Crippen LogP contribution in [0.1, 0.15) is 58.3 Å². The lowest BCUT2D eigenvalue weighted by atomic mass is 10.1. The van der Waals surface area contributed by atoms with Crippen molar-refractivity contribution in [2.24, 2.45) is 0 Å². The molecule has 0 radical (unpaired) electrons. The van der Waals surface area contributed by atoms with E-state index in [4.69, 9.17) is 0 Å². The van der Waals surface area contributed by atoms with Gasteiger partial charge in [-0.25, -0.2) is 0 Å². The molecule has 1 N–H and O–H groups in total. The molecule has 0 aliphatic rings. The smallest absolute Gasteiger partial charge is 0.311 e. The molecule has 1 atom stereocenters. The van der Waals surface area contributed by atoms with Gasteiger partial charge in [-0.1, -0.05) is 113 Å². The Bertz CT molecular complexity index is 588. The number of rotatable bonds is 12. The Labute approximate surface area is 159 Å². The van der Waals surface area contributed by atoms with Crippen LogP contribution >= 0.6 is 7.92 Å². The molecule has 0 spiro atoms. The molecule has 0 heterocycles. The van der Waals surface area contributed by atoms with Gasteiger partial charge in [-0.15, -0.1) is 0 Å². The number of hydrogen-bond acceptors (Lipinski definition) is 1. The summed E-state index contributed by atoms with van der Waals surface area (Å²) < 4.78 is 0. The second kappa shape index (κ2) is 11.9. The summed E-state index contributed by atoms with van der Waals surface area (Å²) in [7, 11) is -0.884. The first-order valence-corrected chi connectivity index (χ1v) is 11.3. The van der Waals surface area contributed by atoms with Crippen molar-refractivity contribution in [2.45, 2.75) is 63.9 Å². The van der Waals surface area contributed by atoms with Crippen molar-refractivity contribution in [1.29, 1.82) is 0 Å². The minimum absolute atomic E-state index is 0.314. The van der Waals surface area contributed by atoms with E-state index in [-0.39, 0.29) is 5.66 Å². The average Bonchev–Trinajstić information content (AvgIpc) is 2.67. The fraction of sp³-hybridized carbons (Fsp3) is 0.435. The number of carboxylic acids is 1. The highest BCUT2D eigenvalue weighted by Gasteiger charge is 2.29. The highest BCUT2D eigenvalue weighted by molar-refractivity contribution is 7.74. The molecular weight excluding hydrogens is 339 g/mol. The van der Waals surface area contributed by atoms with Gasteiger partial charge in [-0.2, -0.15) is 0 Å². The van der Waals surface area contributed by atoms with Gasteiger partial charge in [0.2, 0.25) is 0 Å². The number of carbonyl (C=O) groups is 1. The molecule has 1 unspecified atom stereocenters. The Hall–Kier alpha value is -1.66. The number of benzene rings is 2. The molecule has 0 amide bonds. The third-order valence-corrected chi connectivity index (χ3v) is 7.56. The van der Waals surface area contributed by atoms with Gasteiger partial charge in [-0.3, -0.25) is 4.79 Å². The second-order valence-corrected chi connectivity index (χ2v) is 9.20. The zero-order valence-corrected chi connectivity index (χ0v) is 16.7. The molecule has 26 heavy (non-hydrogen) atoms. The standard InChI is InChI=1S/C23H31O2P/c1-2-3-4-5-6-7-14-19-22(23(24)25)26(20-15-10-8-11-16-20)21-17-12-9-13-18-21/h8-13,15-18,22H,2-7,14,19H2,1H3,(H,24,25). The highest BCUT2D eigenvalue weighted by Crippen LogP contribution is 2.42. The van der Waals surface area contributed by atoms with E-state index >= 15 is 0 Å². The normalized spacial score (nSPS) is 12.2. The van der Waals surface area contributed by atoms with Crippen molar-refractivity contribution in [1.82, 2.24) is 0 Å². The van der Waals surface area contributed by atoms with E-state index in [0.29, 0.717) is 0 Å². The van der Waals surface area contributed by atoms with Crippen LogP contribution in [0.5, 0.6) is 0 Å². The molecule has 3 heteroatoms. The van der Waals surface area contributed by atoms with E-state index in [1.165, 1.54) is 32.1 Å². The maximum absolute atomic E-state index is 12.1. The van der Waals surface area contributed by atoms with Gasteiger partial charge in [0.15, 0.2) is 0 Å². The Morgan fingerprint density at radius 1 is 0.808 bits per heavy atom. The van der Waals surface area contributed by atoms with Crippen LogP contribution in [0.15, 0.2) is 60.7 Å². The SMILES string of the molecule is CCCCCCCCCC(C(=O)O)P(c1ccccc1)c1ccccc1. The van der Waals surface area contributed by atoms with E-state index in [1.807, 2.05) is 36.4 Å². The summed E-state index contributed by atoms with van der Waals surface area (Å²) in [6.45, 7) is 2.23. The molecule has 2 aromatic carbocycles. The molecular formula is C23H31O2P. The Balaban J connectivity index is 2.06. The van der Waals surface area contributed by atoms with Crippen molar-refractivity contribution >= 4 is 24.5 Å². The number of hydrogen-bond donors (Lipinski definition) is 1. The van der Waals surface area contributed by atoms with Crippen molar-refractivity contribution in [3.05, 3.63) is 60.7 Å². The van der Waals surface area contributed by atoms with E-state index in [1.54, 1.807) is 0 Å². The van der Waals surface area contributed by atoms with Crippen LogP contribution in [0.4, 0.5) is 0 Å². The maximum Gasteiger partial charge on any atom is 0.311 e. The fourth-order valence-electron chi connectivity index (χ4n) is 3.34. The second-order valence-electron chi connectivity index (χ2n) is 6.81. The van der Waals surface area contributed by atoms with Gasteiger partial charge in [0.05, 0.1) is 5.66 Å². The molecule has 2 aromatic rings. The lowest BCUT2D eigenvalue weighted by molar-refractivity contribution is -0.136. The fourth-order valence-corrected chi connectivity index (χ4v) is 6.01. The van der Waals surface area contributed by atoms with Crippen LogP contribution in [0.3, 0.4) is 0 Å². The van der Waals surface area contributed by atoms with E-state index in [9.17, 15) is 9.90 Å². The maximum atomic E-state index is 12.1. The van der Waals surface area contributed by atoms with Crippen LogP contribution in [0.2, 0.25) is 0 Å². The third kappa shape index (κ3) is 6.57. The summed E-state index contributed by atoms with van der Waals surface area (Å²) in [5, 5.41) is 12.3. The first-order chi connectivity index (χ1) is 12.7. The molecule has 2 rings (SSSR count). The summed E-state index contributed by atoms with van der Waals surface area (Å²) in [5.74, 6) is -0.658. The van der Waals surface area contributed by atoms with Crippen LogP contribution in [-0.2, 0) is 4.79 Å². The molecule has 0 bridgehead atoms. The quantitative estimate of drug-likeness (QED) is 0.384. The van der Waals surface area contributed by atoms with Gasteiger partial charge >= 0.3 is 5.97 Å². The Kier molecular flexibility index (Phi) is 9.42. The third-order valence-electron chi connectivity index (χ3n) is 4.75. The monoisotopic (exact) mass is 370 g/mol. The van der Waals surface area contributed by atoms with E-state index in [2.05, 4.69) is 31.2 Å². The van der Waals surface area contributed by atoms with Gasteiger partial charge < -0.3 is 5.11 Å². The van der Waals surface area contributed by atoms with Crippen molar-refractivity contribution < 1.29 is 9.90 Å². The van der Waals surface area contributed by atoms with Crippen LogP contribution in [0.25, 0.3) is 0 Å². The molecule has 0 saturated heterocycles. The Morgan fingerprint density at radius 3 is 1.73 bits per heavy atom. The summed E-state index contributed by atoms with van der Waals surface area (Å²) in [6.07, 6.45) is 9.28. The van der Waals surface area contributed by atoms with E-state index < -0.39 is 13.9 Å². The first-order valence-electron chi connectivity index (χ1n) is 9.86. The van der Waals surface area contributed by atoms with Crippen LogP contribution in [0, 0.1) is 0 Å². The zero-order valence-electron chi connectivity index (χ0n) is 15.8. The van der Waals surface area contributed by atoms with Gasteiger partial charge in [-0.05, 0) is 25.0 Å². The summed E-state index contributed by atoms with van der Waals surface area (Å²) >= 11 is 0. The van der Waals surface area contributed by atoms with Crippen LogP contribution in [-0.4, -0.2) is 16.7 Å². The topological polar surface area (TPSA) is 37.3 Å². The number of unbranched alkanes of at least 4 members (excludes halogenated alkanes) is 6. The minimum atomic E-state index is -0.884. The van der Waals surface area contributed by atoms with E-state index in [0.717, 1.165) is 29.9 Å². The van der Waals surface area contributed by atoms with Crippen molar-refractivity contribution in [2.75, 3.05) is 0 Å². The summed E-state index contributed by atoms with van der Waals surface area (Å²) in [4.78, 5) is 12.1. The van der Waals surface area contributed by atoms with Crippen molar-refractivity contribution in [3.63, 3.8) is 0 Å². The molecule has 2 nitrogen and oxygen atoms in total. The number of carboxylic acid groups (broad SMARTS) is 1. The molecule has 0 aromatic heterocycles. The largest absolute Gasteiger partial charge is 0.481 e. The minimum Gasteiger partial charge on any atom is -0.481 e. The van der Waals surface area contributed by atoms with Crippen LogP contribution < -0.4 is 10.6 Å². The highest BCUT2D eigenvalue weighted by atomic mass is 31.1. The predicted octanol–water partition coefficient (Wildman–Crippen LogP) is 5.71. The first kappa shape index (κ1) is 20.6. The Morgan fingerprint density at radius 2 is 1.27 bits per heavy atom. The van der Waals surface area contributed by atoms with Gasteiger partial charge in [0.25, 0.3) is 0 Å². The molecule has 0 saturated carbocycles. The van der Waals surface area contributed by atoms with Crippen molar-refractivity contribution in [3.8, 4) is 0 Å². The molecule has 140 valence electrons. The van der Waals surface area contributed by atoms with Gasteiger partial charge in [0.1, 0.15) is 0 Å². The lowest BCUT2D eigenvalue weighted by Crippen LogP contribution is -2.28.